The molecule has 1 aromatic carbocycles. The summed E-state index contributed by atoms with van der Waals surface area (Å²) in [4.78, 5) is 12.0. The van der Waals surface area contributed by atoms with E-state index in [4.69, 9.17) is 9.26 Å². The first-order valence-electron chi connectivity index (χ1n) is 7.59. The molecule has 4 nitrogen and oxygen atoms in total. The van der Waals surface area contributed by atoms with Gasteiger partial charge in [-0.1, -0.05) is 45.9 Å². The fraction of sp³-hybridized carbons (Fsp3) is 0.588. The van der Waals surface area contributed by atoms with Crippen LogP contribution in [0.15, 0.2) is 30.3 Å². The number of ether oxygens (including phenoxy) is 1. The zero-order valence-electron chi connectivity index (χ0n) is 14.3. The third-order valence-corrected chi connectivity index (χ3v) is 6.86. The Balaban J connectivity index is 2.94. The summed E-state index contributed by atoms with van der Waals surface area (Å²) >= 11 is 0. The van der Waals surface area contributed by atoms with Crippen LogP contribution < -0.4 is 4.52 Å². The van der Waals surface area contributed by atoms with Crippen molar-refractivity contribution in [1.82, 2.24) is 0 Å². The molecule has 0 saturated heterocycles. The van der Waals surface area contributed by atoms with E-state index in [0.717, 1.165) is 0 Å². The van der Waals surface area contributed by atoms with Crippen LogP contribution in [0.2, 0.25) is 0 Å². The van der Waals surface area contributed by atoms with Gasteiger partial charge in [0.05, 0.1) is 12.0 Å². The minimum Gasteiger partial charge on any atom is -0.463 e. The van der Waals surface area contributed by atoms with E-state index >= 15 is 0 Å². The molecule has 124 valence electrons. The number of hydrogen-bond donors (Lipinski definition) is 0. The number of carbonyl (C=O) groups excluding carboxylic acids is 1. The molecule has 0 spiro atoms. The standard InChI is InChI=1S/C17H27O4P/c1-13(2)20-16(18)14(3)12-22(19,17(4,5)6)21-15-10-8-7-9-11-15/h7-11,13-14H,12H2,1-6H3/t14-,22?/m1/s1. The van der Waals surface area contributed by atoms with Crippen LogP contribution in [0.25, 0.3) is 0 Å². The van der Waals surface area contributed by atoms with Crippen LogP contribution in [0, 0.1) is 5.92 Å². The Hall–Kier alpha value is -1.28. The lowest BCUT2D eigenvalue weighted by Gasteiger charge is -2.32. The van der Waals surface area contributed by atoms with Gasteiger partial charge < -0.3 is 9.26 Å². The van der Waals surface area contributed by atoms with Gasteiger partial charge in [0.25, 0.3) is 7.37 Å². The largest absolute Gasteiger partial charge is 0.463 e. The van der Waals surface area contributed by atoms with Crippen molar-refractivity contribution >= 4 is 13.3 Å². The lowest BCUT2D eigenvalue weighted by molar-refractivity contribution is -0.151. The maximum atomic E-state index is 13.4. The lowest BCUT2D eigenvalue weighted by atomic mass is 10.2. The highest BCUT2D eigenvalue weighted by Gasteiger charge is 2.42. The second kappa shape index (κ2) is 7.32. The highest BCUT2D eigenvalue weighted by molar-refractivity contribution is 7.61. The van der Waals surface area contributed by atoms with Gasteiger partial charge in [0.1, 0.15) is 5.75 Å². The van der Waals surface area contributed by atoms with Gasteiger partial charge in [0, 0.05) is 11.3 Å². The summed E-state index contributed by atoms with van der Waals surface area (Å²) in [6.07, 6.45) is -0.0178. The molecule has 0 heterocycles. The second-order valence-electron chi connectivity index (χ2n) is 6.82. The van der Waals surface area contributed by atoms with Crippen LogP contribution in [0.1, 0.15) is 41.5 Å². The zero-order valence-corrected chi connectivity index (χ0v) is 15.2. The molecule has 0 aliphatic heterocycles. The third kappa shape index (κ3) is 5.17. The quantitative estimate of drug-likeness (QED) is 0.560. The Bertz CT molecular complexity index is 531. The number of esters is 1. The van der Waals surface area contributed by atoms with E-state index in [-0.39, 0.29) is 18.2 Å². The van der Waals surface area contributed by atoms with Crippen molar-refractivity contribution in [2.45, 2.75) is 52.8 Å². The molecule has 0 aromatic heterocycles. The van der Waals surface area contributed by atoms with Crippen LogP contribution in [-0.4, -0.2) is 23.4 Å². The van der Waals surface area contributed by atoms with Crippen molar-refractivity contribution in [1.29, 1.82) is 0 Å². The van der Waals surface area contributed by atoms with Crippen molar-refractivity contribution in [2.24, 2.45) is 5.92 Å². The fourth-order valence-corrected chi connectivity index (χ4v) is 4.11. The summed E-state index contributed by atoms with van der Waals surface area (Å²) in [5.74, 6) is -0.252. The minimum atomic E-state index is -3.08. The van der Waals surface area contributed by atoms with Crippen molar-refractivity contribution in [3.05, 3.63) is 30.3 Å². The van der Waals surface area contributed by atoms with Gasteiger partial charge in [-0.25, -0.2) is 0 Å². The summed E-state index contributed by atoms with van der Waals surface area (Å²) in [6.45, 7) is 11.0. The normalized spacial score (nSPS) is 16.0. The topological polar surface area (TPSA) is 52.6 Å². The molecule has 1 rings (SSSR count). The van der Waals surface area contributed by atoms with E-state index in [9.17, 15) is 9.36 Å². The molecule has 0 bridgehead atoms. The average molecular weight is 326 g/mol. The van der Waals surface area contributed by atoms with Crippen molar-refractivity contribution in [3.63, 3.8) is 0 Å². The van der Waals surface area contributed by atoms with E-state index in [0.29, 0.717) is 5.75 Å². The first-order valence-corrected chi connectivity index (χ1v) is 9.40. The monoisotopic (exact) mass is 326 g/mol. The van der Waals surface area contributed by atoms with Gasteiger partial charge in [-0.3, -0.25) is 9.36 Å². The van der Waals surface area contributed by atoms with Crippen LogP contribution in [-0.2, 0) is 14.1 Å². The Kier molecular flexibility index (Phi) is 6.25. The average Bonchev–Trinajstić information content (AvgIpc) is 2.37. The number of rotatable bonds is 6. The van der Waals surface area contributed by atoms with Crippen molar-refractivity contribution in [2.75, 3.05) is 6.16 Å². The summed E-state index contributed by atoms with van der Waals surface area (Å²) < 4.78 is 24.4. The number of carbonyl (C=O) groups is 1. The Morgan fingerprint density at radius 3 is 2.14 bits per heavy atom. The smallest absolute Gasteiger partial charge is 0.309 e. The van der Waals surface area contributed by atoms with Crippen LogP contribution in [0.4, 0.5) is 0 Å². The minimum absolute atomic E-state index is 0.164. The molecule has 0 aliphatic carbocycles. The molecule has 0 radical (unpaired) electrons. The van der Waals surface area contributed by atoms with Gasteiger partial charge >= 0.3 is 5.97 Å². The van der Waals surface area contributed by atoms with Gasteiger partial charge in [-0.2, -0.15) is 0 Å². The SMILES string of the molecule is CC(C)OC(=O)[C@H](C)CP(=O)(Oc1ccccc1)C(C)(C)C. The van der Waals surface area contributed by atoms with E-state index < -0.39 is 18.4 Å². The van der Waals surface area contributed by atoms with Gasteiger partial charge in [0.2, 0.25) is 0 Å². The molecule has 0 N–H and O–H groups in total. The molecule has 0 saturated carbocycles. The van der Waals surface area contributed by atoms with E-state index in [1.165, 1.54) is 0 Å². The molecule has 0 aliphatic rings. The number of hydrogen-bond acceptors (Lipinski definition) is 4. The van der Waals surface area contributed by atoms with Crippen LogP contribution in [0.3, 0.4) is 0 Å². The maximum Gasteiger partial charge on any atom is 0.309 e. The zero-order chi connectivity index (χ0) is 17.0. The molecule has 5 heteroatoms. The summed E-state index contributed by atoms with van der Waals surface area (Å²) in [5.41, 5.74) is 0. The first-order chi connectivity index (χ1) is 10.0. The van der Waals surface area contributed by atoms with Crippen molar-refractivity contribution < 1.29 is 18.6 Å². The van der Waals surface area contributed by atoms with E-state index in [2.05, 4.69) is 0 Å². The first kappa shape index (κ1) is 18.8. The third-order valence-electron chi connectivity index (χ3n) is 3.29. The van der Waals surface area contributed by atoms with Gasteiger partial charge in [-0.05, 0) is 26.0 Å². The van der Waals surface area contributed by atoms with Gasteiger partial charge in [-0.15, -0.1) is 0 Å². The summed E-state index contributed by atoms with van der Waals surface area (Å²) in [7, 11) is -3.08. The van der Waals surface area contributed by atoms with Gasteiger partial charge in [0.15, 0.2) is 0 Å². The summed E-state index contributed by atoms with van der Waals surface area (Å²) in [5, 5.41) is -0.560. The molecular weight excluding hydrogens is 299 g/mol. The Labute approximate surface area is 133 Å². The Morgan fingerprint density at radius 2 is 1.68 bits per heavy atom. The van der Waals surface area contributed by atoms with Crippen LogP contribution >= 0.6 is 7.37 Å². The predicted molar refractivity (Wildman–Crippen MR) is 89.7 cm³/mol. The summed E-state index contributed by atoms with van der Waals surface area (Å²) in [6, 6.07) is 9.08. The molecular formula is C17H27O4P. The van der Waals surface area contributed by atoms with E-state index in [1.807, 2.05) is 39.0 Å². The molecule has 2 atom stereocenters. The number of benzene rings is 1. The highest BCUT2D eigenvalue weighted by atomic mass is 31.2. The van der Waals surface area contributed by atoms with Crippen molar-refractivity contribution in [3.8, 4) is 5.75 Å². The lowest BCUT2D eigenvalue weighted by Crippen LogP contribution is -2.28. The van der Waals surface area contributed by atoms with E-state index in [1.54, 1.807) is 32.9 Å². The molecule has 0 amide bonds. The predicted octanol–water partition coefficient (Wildman–Crippen LogP) is 4.73. The fourth-order valence-electron chi connectivity index (χ4n) is 1.88. The molecule has 22 heavy (non-hydrogen) atoms. The molecule has 0 fully saturated rings. The highest BCUT2D eigenvalue weighted by Crippen LogP contribution is 2.59. The maximum absolute atomic E-state index is 13.4. The molecule has 1 aromatic rings. The molecule has 1 unspecified atom stereocenters. The number of para-hydroxylation sites is 1. The van der Waals surface area contributed by atoms with Crippen LogP contribution in [0.5, 0.6) is 5.75 Å². The second-order valence-corrected chi connectivity index (χ2v) is 10.1. The Morgan fingerprint density at radius 1 is 1.14 bits per heavy atom.